The summed E-state index contributed by atoms with van der Waals surface area (Å²) < 4.78 is 7.13. The van der Waals surface area contributed by atoms with Gasteiger partial charge in [-0.25, -0.2) is 9.50 Å². The minimum atomic E-state index is 0.390. The van der Waals surface area contributed by atoms with Gasteiger partial charge in [0.25, 0.3) is 0 Å². The standard InChI is InChI=1S/C20H20N4OS/c1-3-17(12-23(8-1)11-15-7-9-25-14-15)20-21-19-6-5-16(13-24(19)22-20)18-4-2-10-26-18/h2,4-7,9-10,13-14,17H,1,3,8,11-12H2/t17-/m0/s1. The number of piperidine rings is 1. The van der Waals surface area contributed by atoms with Crippen LogP contribution < -0.4 is 0 Å². The van der Waals surface area contributed by atoms with Gasteiger partial charge >= 0.3 is 0 Å². The first-order valence-corrected chi connectivity index (χ1v) is 9.87. The van der Waals surface area contributed by atoms with E-state index < -0.39 is 0 Å². The van der Waals surface area contributed by atoms with Gasteiger partial charge in [-0.3, -0.25) is 4.90 Å². The van der Waals surface area contributed by atoms with Gasteiger partial charge in [-0.15, -0.1) is 11.3 Å². The van der Waals surface area contributed by atoms with Gasteiger partial charge in [0, 0.05) is 41.2 Å². The fourth-order valence-electron chi connectivity index (χ4n) is 3.71. The van der Waals surface area contributed by atoms with Crippen LogP contribution in [0, 0.1) is 0 Å². The average molecular weight is 364 g/mol. The lowest BCUT2D eigenvalue weighted by atomic mass is 9.97. The summed E-state index contributed by atoms with van der Waals surface area (Å²) >= 11 is 1.75. The van der Waals surface area contributed by atoms with Gasteiger partial charge in [0.1, 0.15) is 0 Å². The van der Waals surface area contributed by atoms with Gasteiger partial charge in [-0.1, -0.05) is 6.07 Å². The average Bonchev–Trinajstić information content (AvgIpc) is 3.42. The summed E-state index contributed by atoms with van der Waals surface area (Å²) in [5.74, 6) is 1.35. The quantitative estimate of drug-likeness (QED) is 0.537. The highest BCUT2D eigenvalue weighted by Gasteiger charge is 2.25. The fourth-order valence-corrected chi connectivity index (χ4v) is 4.43. The first-order valence-electron chi connectivity index (χ1n) is 8.99. The molecule has 26 heavy (non-hydrogen) atoms. The normalized spacial score (nSPS) is 18.5. The number of rotatable bonds is 4. The Morgan fingerprint density at radius 3 is 3.08 bits per heavy atom. The van der Waals surface area contributed by atoms with E-state index in [4.69, 9.17) is 14.5 Å². The van der Waals surface area contributed by atoms with E-state index in [1.807, 2.05) is 16.8 Å². The molecule has 132 valence electrons. The maximum absolute atomic E-state index is 5.20. The third-order valence-corrected chi connectivity index (χ3v) is 5.93. The second-order valence-electron chi connectivity index (χ2n) is 6.87. The maximum atomic E-state index is 5.20. The molecule has 4 aromatic heterocycles. The molecule has 0 aromatic carbocycles. The van der Waals surface area contributed by atoms with Gasteiger partial charge in [-0.2, -0.15) is 5.10 Å². The molecule has 1 saturated heterocycles. The van der Waals surface area contributed by atoms with Crippen LogP contribution in [0.15, 0.2) is 58.9 Å². The van der Waals surface area contributed by atoms with Gasteiger partial charge in [0.15, 0.2) is 11.5 Å². The summed E-state index contributed by atoms with van der Waals surface area (Å²) in [4.78, 5) is 8.53. The predicted molar refractivity (Wildman–Crippen MR) is 102 cm³/mol. The number of furan rings is 1. The highest BCUT2D eigenvalue weighted by molar-refractivity contribution is 7.13. The van der Waals surface area contributed by atoms with Crippen molar-refractivity contribution < 1.29 is 4.42 Å². The van der Waals surface area contributed by atoms with Crippen molar-refractivity contribution in [1.82, 2.24) is 19.5 Å². The van der Waals surface area contributed by atoms with Crippen LogP contribution in [-0.4, -0.2) is 32.6 Å². The molecule has 0 aliphatic carbocycles. The molecule has 0 N–H and O–H groups in total. The first-order chi connectivity index (χ1) is 12.8. The summed E-state index contributed by atoms with van der Waals surface area (Å²) in [6.07, 6.45) is 7.99. The Kier molecular flexibility index (Phi) is 4.07. The van der Waals surface area contributed by atoms with E-state index in [1.54, 1.807) is 17.6 Å². The molecule has 5 heterocycles. The molecule has 1 fully saturated rings. The lowest BCUT2D eigenvalue weighted by molar-refractivity contribution is 0.196. The number of aromatic nitrogens is 3. The number of hydrogen-bond donors (Lipinski definition) is 0. The van der Waals surface area contributed by atoms with E-state index in [9.17, 15) is 0 Å². The van der Waals surface area contributed by atoms with Crippen molar-refractivity contribution in [2.75, 3.05) is 13.1 Å². The third kappa shape index (κ3) is 3.06. The highest BCUT2D eigenvalue weighted by atomic mass is 32.1. The molecule has 0 amide bonds. The molecule has 0 unspecified atom stereocenters. The van der Waals surface area contributed by atoms with E-state index in [0.29, 0.717) is 5.92 Å². The van der Waals surface area contributed by atoms with Gasteiger partial charge in [-0.05, 0) is 49.0 Å². The van der Waals surface area contributed by atoms with Crippen molar-refractivity contribution >= 4 is 17.0 Å². The predicted octanol–water partition coefficient (Wildman–Crippen LogP) is 4.43. The minimum absolute atomic E-state index is 0.390. The Labute approximate surface area is 155 Å². The molecule has 0 radical (unpaired) electrons. The van der Waals surface area contributed by atoms with Gasteiger partial charge in [0.05, 0.1) is 12.5 Å². The molecule has 5 rings (SSSR count). The molecule has 0 saturated carbocycles. The number of fused-ring (bicyclic) bond motifs is 1. The van der Waals surface area contributed by atoms with Crippen LogP contribution in [-0.2, 0) is 6.54 Å². The third-order valence-electron chi connectivity index (χ3n) is 5.01. The smallest absolute Gasteiger partial charge is 0.156 e. The molecule has 1 atom stereocenters. The monoisotopic (exact) mass is 364 g/mol. The maximum Gasteiger partial charge on any atom is 0.156 e. The summed E-state index contributed by atoms with van der Waals surface area (Å²) in [6.45, 7) is 3.06. The minimum Gasteiger partial charge on any atom is -0.472 e. The second kappa shape index (κ2) is 6.70. The first kappa shape index (κ1) is 15.8. The molecule has 0 spiro atoms. The van der Waals surface area contributed by atoms with Crippen molar-refractivity contribution in [1.29, 1.82) is 0 Å². The van der Waals surface area contributed by atoms with E-state index in [1.165, 1.54) is 22.4 Å². The Morgan fingerprint density at radius 2 is 2.23 bits per heavy atom. The van der Waals surface area contributed by atoms with Crippen LogP contribution in [0.3, 0.4) is 0 Å². The van der Waals surface area contributed by atoms with Crippen LogP contribution in [0.5, 0.6) is 0 Å². The van der Waals surface area contributed by atoms with Gasteiger partial charge < -0.3 is 4.42 Å². The Balaban J connectivity index is 1.38. The van der Waals surface area contributed by atoms with E-state index in [0.717, 1.165) is 37.5 Å². The number of pyridine rings is 1. The lowest BCUT2D eigenvalue weighted by Gasteiger charge is -2.30. The van der Waals surface area contributed by atoms with Crippen LogP contribution >= 0.6 is 11.3 Å². The summed E-state index contributed by atoms with van der Waals surface area (Å²) in [5, 5.41) is 6.90. The summed E-state index contributed by atoms with van der Waals surface area (Å²) in [7, 11) is 0. The summed E-state index contributed by atoms with van der Waals surface area (Å²) in [6, 6.07) is 10.5. The fraction of sp³-hybridized carbons (Fsp3) is 0.300. The van der Waals surface area contributed by atoms with Crippen molar-refractivity contribution in [3.63, 3.8) is 0 Å². The van der Waals surface area contributed by atoms with Crippen LogP contribution in [0.2, 0.25) is 0 Å². The van der Waals surface area contributed by atoms with E-state index in [2.05, 4.69) is 40.7 Å². The number of thiophene rings is 1. The zero-order valence-corrected chi connectivity index (χ0v) is 15.2. The number of likely N-dealkylation sites (tertiary alicyclic amines) is 1. The van der Waals surface area contributed by atoms with Crippen LogP contribution in [0.25, 0.3) is 16.1 Å². The van der Waals surface area contributed by atoms with Crippen LogP contribution in [0.4, 0.5) is 0 Å². The number of nitrogens with zero attached hydrogens (tertiary/aromatic N) is 4. The molecule has 4 aromatic rings. The SMILES string of the molecule is c1csc(-c2ccc3nc([C@H]4CCCN(Cc5ccoc5)C4)nn3c2)c1. The Bertz CT molecular complexity index is 990. The lowest BCUT2D eigenvalue weighted by Crippen LogP contribution is -2.34. The molecular formula is C20H20N4OS. The van der Waals surface area contributed by atoms with Crippen molar-refractivity contribution in [3.05, 3.63) is 65.8 Å². The van der Waals surface area contributed by atoms with Gasteiger partial charge in [0.2, 0.25) is 0 Å². The molecule has 1 aliphatic heterocycles. The molecule has 1 aliphatic rings. The highest BCUT2D eigenvalue weighted by Crippen LogP contribution is 2.28. The molecule has 5 nitrogen and oxygen atoms in total. The zero-order valence-electron chi connectivity index (χ0n) is 14.4. The Morgan fingerprint density at radius 1 is 1.23 bits per heavy atom. The topological polar surface area (TPSA) is 46.6 Å². The molecular weight excluding hydrogens is 344 g/mol. The van der Waals surface area contributed by atoms with E-state index >= 15 is 0 Å². The Hall–Kier alpha value is -2.44. The number of hydrogen-bond acceptors (Lipinski definition) is 5. The van der Waals surface area contributed by atoms with Crippen molar-refractivity contribution in [3.8, 4) is 10.4 Å². The molecule has 0 bridgehead atoms. The summed E-state index contributed by atoms with van der Waals surface area (Å²) in [5.41, 5.74) is 3.34. The zero-order chi connectivity index (χ0) is 17.3. The largest absolute Gasteiger partial charge is 0.472 e. The second-order valence-corrected chi connectivity index (χ2v) is 7.82. The van der Waals surface area contributed by atoms with E-state index in [-0.39, 0.29) is 0 Å². The van der Waals surface area contributed by atoms with Crippen molar-refractivity contribution in [2.45, 2.75) is 25.3 Å². The van der Waals surface area contributed by atoms with Crippen LogP contribution in [0.1, 0.15) is 30.1 Å². The molecule has 6 heteroatoms. The van der Waals surface area contributed by atoms with Crippen molar-refractivity contribution in [2.24, 2.45) is 0 Å².